The van der Waals surface area contributed by atoms with Gasteiger partial charge < -0.3 is 43.7 Å². The monoisotopic (exact) mass is 578 g/mol. The Bertz CT molecular complexity index is 988. The maximum Gasteiger partial charge on any atom is 0.410 e. The number of ether oxygens (including phenoxy) is 6. The van der Waals surface area contributed by atoms with Gasteiger partial charge in [0.05, 0.1) is 38.1 Å². The Morgan fingerprint density at radius 3 is 2.61 bits per heavy atom. The molecule has 2 N–H and O–H groups in total. The first-order valence-electron chi connectivity index (χ1n) is 14.6. The van der Waals surface area contributed by atoms with Crippen LogP contribution in [0.2, 0.25) is 0 Å². The maximum absolute atomic E-state index is 12.6. The van der Waals surface area contributed by atoms with Gasteiger partial charge in [0.25, 0.3) is 0 Å². The first kappa shape index (κ1) is 31.7. The summed E-state index contributed by atoms with van der Waals surface area (Å²) in [6, 6.07) is -0.120. The zero-order valence-corrected chi connectivity index (χ0v) is 24.8. The number of hydrogen-bond acceptors (Lipinski definition) is 9. The van der Waals surface area contributed by atoms with E-state index in [0.717, 1.165) is 18.4 Å². The number of nitrogens with one attached hydrogen (secondary N) is 1. The fraction of sp³-hybridized carbons (Fsp3) is 0.733. The first-order valence-corrected chi connectivity index (χ1v) is 14.6. The van der Waals surface area contributed by atoms with Crippen molar-refractivity contribution in [3.05, 3.63) is 36.0 Å². The summed E-state index contributed by atoms with van der Waals surface area (Å²) in [5, 5.41) is 13.7. The Morgan fingerprint density at radius 2 is 1.93 bits per heavy atom. The average Bonchev–Trinajstić information content (AvgIpc) is 3.74. The summed E-state index contributed by atoms with van der Waals surface area (Å²) in [6.45, 7) is 10.4. The minimum absolute atomic E-state index is 0.0224. The predicted octanol–water partition coefficient (Wildman–Crippen LogP) is 2.48. The van der Waals surface area contributed by atoms with Gasteiger partial charge in [0.15, 0.2) is 6.29 Å². The van der Waals surface area contributed by atoms with Crippen LogP contribution < -0.4 is 5.32 Å². The van der Waals surface area contributed by atoms with Crippen LogP contribution in [0.4, 0.5) is 4.79 Å². The second-order valence-corrected chi connectivity index (χ2v) is 11.6. The fourth-order valence-electron chi connectivity index (χ4n) is 5.47. The molecule has 0 aliphatic carbocycles. The van der Waals surface area contributed by atoms with Crippen LogP contribution in [0.3, 0.4) is 0 Å². The lowest BCUT2D eigenvalue weighted by molar-refractivity contribution is -0.219. The summed E-state index contributed by atoms with van der Waals surface area (Å²) in [7, 11) is 1.59. The van der Waals surface area contributed by atoms with Crippen LogP contribution in [0.1, 0.15) is 47.0 Å². The van der Waals surface area contributed by atoms with Crippen LogP contribution in [0.5, 0.6) is 0 Å². The van der Waals surface area contributed by atoms with Crippen molar-refractivity contribution >= 4 is 12.0 Å². The summed E-state index contributed by atoms with van der Waals surface area (Å²) < 4.78 is 33.7. The highest BCUT2D eigenvalue weighted by Crippen LogP contribution is 2.42. The Labute approximate surface area is 242 Å². The number of carbonyl (C=O) groups is 2. The lowest BCUT2D eigenvalue weighted by Crippen LogP contribution is -2.50. The number of rotatable bonds is 9. The zero-order valence-electron chi connectivity index (χ0n) is 24.8. The average molecular weight is 579 g/mol. The van der Waals surface area contributed by atoms with E-state index in [1.165, 1.54) is 6.08 Å². The topological polar surface area (TPSA) is 128 Å². The van der Waals surface area contributed by atoms with Gasteiger partial charge in [0, 0.05) is 32.7 Å². The fourth-order valence-corrected chi connectivity index (χ4v) is 5.47. The van der Waals surface area contributed by atoms with E-state index < -0.39 is 36.3 Å². The number of hydrogen-bond donors (Lipinski definition) is 2. The van der Waals surface area contributed by atoms with Crippen LogP contribution in [0, 0.1) is 5.92 Å². The molecule has 11 heteroatoms. The highest BCUT2D eigenvalue weighted by Gasteiger charge is 2.58. The van der Waals surface area contributed by atoms with E-state index in [-0.39, 0.29) is 30.1 Å². The molecule has 4 heterocycles. The number of amides is 2. The molecule has 0 bridgehead atoms. The van der Waals surface area contributed by atoms with Gasteiger partial charge in [-0.2, -0.15) is 0 Å². The van der Waals surface area contributed by atoms with Gasteiger partial charge in [0.1, 0.15) is 23.9 Å². The lowest BCUT2D eigenvalue weighted by Gasteiger charge is -2.39. The molecule has 0 aromatic carbocycles. The summed E-state index contributed by atoms with van der Waals surface area (Å²) in [4.78, 5) is 26.4. The highest BCUT2D eigenvalue weighted by atomic mass is 16.7. The molecule has 4 saturated heterocycles. The maximum atomic E-state index is 12.6. The molecule has 0 radical (unpaired) electrons. The van der Waals surface area contributed by atoms with E-state index >= 15 is 0 Å². The molecule has 4 aliphatic rings. The van der Waals surface area contributed by atoms with Gasteiger partial charge in [-0.15, -0.1) is 0 Å². The number of morpholine rings is 1. The number of aliphatic hydroxyl groups excluding tert-OH is 1. The van der Waals surface area contributed by atoms with Crippen molar-refractivity contribution in [2.75, 3.05) is 40.0 Å². The van der Waals surface area contributed by atoms with Gasteiger partial charge >= 0.3 is 6.09 Å². The third kappa shape index (κ3) is 8.62. The van der Waals surface area contributed by atoms with E-state index in [1.807, 2.05) is 26.0 Å². The van der Waals surface area contributed by atoms with Crippen LogP contribution >= 0.6 is 0 Å². The summed E-state index contributed by atoms with van der Waals surface area (Å²) in [5.74, 6) is -0.00722. The van der Waals surface area contributed by atoms with Crippen molar-refractivity contribution in [3.8, 4) is 0 Å². The van der Waals surface area contributed by atoms with Crippen molar-refractivity contribution in [2.45, 2.75) is 95.4 Å². The molecule has 4 rings (SSSR count). The number of carbonyl (C=O) groups excluding carboxylic acids is 2. The molecule has 41 heavy (non-hydrogen) atoms. The molecule has 1 spiro atoms. The molecule has 4 fully saturated rings. The number of allylic oxidation sites excluding steroid dienone is 2. The molecule has 0 aromatic rings. The van der Waals surface area contributed by atoms with Gasteiger partial charge in [-0.25, -0.2) is 4.79 Å². The molecular weight excluding hydrogens is 532 g/mol. The largest absolute Gasteiger partial charge is 0.442 e. The standard InChI is InChI=1S/C30H46N2O9/c1-19(7-10-25-28(34)30(18-38-30)17-27(36-5)41-25)6-9-24-20(2)16-23(22(4)40-24)31-26(33)11-8-21(3)39-29(35)32-12-14-37-15-13-32/h6-8,10-11,20-25,27-28,34H,9,12-18H2,1-5H3,(H,31,33)/b10-7+,11-8-,19-6+/t20-,21-,22+,23+,24-,25+,27-,28+,30+/m0/s1. The van der Waals surface area contributed by atoms with Crippen LogP contribution in [-0.4, -0.2) is 110 Å². The van der Waals surface area contributed by atoms with Gasteiger partial charge in [-0.1, -0.05) is 30.7 Å². The molecule has 11 nitrogen and oxygen atoms in total. The third-order valence-corrected chi connectivity index (χ3v) is 8.29. The Morgan fingerprint density at radius 1 is 1.20 bits per heavy atom. The molecule has 230 valence electrons. The van der Waals surface area contributed by atoms with Crippen LogP contribution in [0.15, 0.2) is 36.0 Å². The van der Waals surface area contributed by atoms with Gasteiger partial charge in [-0.3, -0.25) is 4.79 Å². The molecule has 0 unspecified atom stereocenters. The molecule has 0 aromatic heterocycles. The smallest absolute Gasteiger partial charge is 0.410 e. The van der Waals surface area contributed by atoms with E-state index in [2.05, 4.69) is 18.3 Å². The number of aliphatic hydroxyl groups is 1. The normalized spacial score (nSPS) is 37.0. The molecule has 2 amide bonds. The Kier molecular flexibility index (Phi) is 11.0. The van der Waals surface area contributed by atoms with Crippen molar-refractivity contribution in [1.82, 2.24) is 10.2 Å². The summed E-state index contributed by atoms with van der Waals surface area (Å²) in [6.07, 6.45) is 8.30. The van der Waals surface area contributed by atoms with E-state index in [0.29, 0.717) is 39.3 Å². The minimum atomic E-state index is -0.726. The molecule has 4 aliphatic heterocycles. The third-order valence-electron chi connectivity index (χ3n) is 8.29. The number of epoxide rings is 1. The minimum Gasteiger partial charge on any atom is -0.442 e. The van der Waals surface area contributed by atoms with Crippen LogP contribution in [-0.2, 0) is 33.2 Å². The first-order chi connectivity index (χ1) is 19.6. The summed E-state index contributed by atoms with van der Waals surface area (Å²) in [5.41, 5.74) is 0.488. The number of nitrogens with zero attached hydrogens (tertiary/aromatic N) is 1. The zero-order chi connectivity index (χ0) is 29.6. The van der Waals surface area contributed by atoms with E-state index in [9.17, 15) is 14.7 Å². The van der Waals surface area contributed by atoms with Crippen molar-refractivity contribution in [1.29, 1.82) is 0 Å². The molecular formula is C30H46N2O9. The van der Waals surface area contributed by atoms with Crippen LogP contribution in [0.25, 0.3) is 0 Å². The molecule has 0 saturated carbocycles. The Balaban J connectivity index is 1.20. The lowest BCUT2D eigenvalue weighted by atomic mass is 9.88. The SMILES string of the molecule is CO[C@@H]1C[C@@]2(CO2)[C@H](O)[C@@H](/C=C/C(C)=C/C[C@@H]2O[C@H](C)[C@H](NC(=O)/C=C\[C@H](C)OC(=O)N3CCOCC3)C[C@@H]2C)O1. The van der Waals surface area contributed by atoms with Gasteiger partial charge in [-0.05, 0) is 45.6 Å². The second-order valence-electron chi connectivity index (χ2n) is 11.6. The predicted molar refractivity (Wildman–Crippen MR) is 150 cm³/mol. The van der Waals surface area contributed by atoms with Crippen molar-refractivity contribution < 1.29 is 43.1 Å². The molecule has 9 atom stereocenters. The van der Waals surface area contributed by atoms with E-state index in [4.69, 9.17) is 28.4 Å². The quantitative estimate of drug-likeness (QED) is 0.241. The van der Waals surface area contributed by atoms with E-state index in [1.54, 1.807) is 25.0 Å². The number of methoxy groups -OCH3 is 1. The van der Waals surface area contributed by atoms with Gasteiger partial charge in [0.2, 0.25) is 5.91 Å². The van der Waals surface area contributed by atoms with Crippen molar-refractivity contribution in [2.24, 2.45) is 5.92 Å². The summed E-state index contributed by atoms with van der Waals surface area (Å²) >= 11 is 0. The second kappa shape index (κ2) is 14.3. The van der Waals surface area contributed by atoms with Crippen molar-refractivity contribution in [3.63, 3.8) is 0 Å². The Hall–Kier alpha value is -2.28. The highest BCUT2D eigenvalue weighted by molar-refractivity contribution is 5.87.